The molecule has 17 heavy (non-hydrogen) atoms. The number of carboxylic acid groups (broad SMARTS) is 1. The van der Waals surface area contributed by atoms with E-state index in [2.05, 4.69) is 26.2 Å². The van der Waals surface area contributed by atoms with Gasteiger partial charge in [0.05, 0.1) is 10.0 Å². The molecule has 2 atom stereocenters. The van der Waals surface area contributed by atoms with E-state index in [4.69, 9.17) is 5.11 Å². The van der Waals surface area contributed by atoms with Gasteiger partial charge in [-0.05, 0) is 53.1 Å². The van der Waals surface area contributed by atoms with Gasteiger partial charge in [-0.1, -0.05) is 0 Å². The van der Waals surface area contributed by atoms with Gasteiger partial charge in [0, 0.05) is 12.2 Å². The third-order valence-electron chi connectivity index (χ3n) is 3.67. The Bertz CT molecular complexity index is 468. The average molecular weight is 297 g/mol. The molecule has 2 aliphatic rings. The van der Waals surface area contributed by atoms with Gasteiger partial charge < -0.3 is 10.4 Å². The van der Waals surface area contributed by atoms with Crippen molar-refractivity contribution < 1.29 is 9.90 Å². The molecule has 4 nitrogen and oxygen atoms in total. The SMILES string of the molecule is O=C(O)c1cnc(NC2CC3CC3C2)c(Br)c1. The number of carboxylic acids is 1. The Kier molecular flexibility index (Phi) is 2.58. The van der Waals surface area contributed by atoms with E-state index < -0.39 is 5.97 Å². The van der Waals surface area contributed by atoms with E-state index >= 15 is 0 Å². The smallest absolute Gasteiger partial charge is 0.337 e. The molecule has 1 aromatic rings. The fourth-order valence-electron chi connectivity index (χ4n) is 2.69. The molecule has 0 spiro atoms. The Labute approximate surface area is 108 Å². The van der Waals surface area contributed by atoms with Crippen LogP contribution in [0.3, 0.4) is 0 Å². The summed E-state index contributed by atoms with van der Waals surface area (Å²) in [4.78, 5) is 14.9. The number of rotatable bonds is 3. The predicted octanol–water partition coefficient (Wildman–Crippen LogP) is 2.75. The van der Waals surface area contributed by atoms with Crippen molar-refractivity contribution in [2.24, 2.45) is 11.8 Å². The van der Waals surface area contributed by atoms with Gasteiger partial charge in [-0.25, -0.2) is 9.78 Å². The molecular formula is C12H13BrN2O2. The molecule has 2 fully saturated rings. The second kappa shape index (κ2) is 3.98. The monoisotopic (exact) mass is 296 g/mol. The molecule has 1 aromatic heterocycles. The summed E-state index contributed by atoms with van der Waals surface area (Å²) in [5.74, 6) is 1.64. The fraction of sp³-hybridized carbons (Fsp3) is 0.500. The third-order valence-corrected chi connectivity index (χ3v) is 4.28. The maximum Gasteiger partial charge on any atom is 0.337 e. The summed E-state index contributed by atoms with van der Waals surface area (Å²) in [7, 11) is 0. The number of nitrogens with one attached hydrogen (secondary N) is 1. The number of fused-ring (bicyclic) bond motifs is 1. The van der Waals surface area contributed by atoms with Crippen LogP contribution < -0.4 is 5.32 Å². The molecule has 5 heteroatoms. The molecule has 2 unspecified atom stereocenters. The quantitative estimate of drug-likeness (QED) is 0.900. The minimum absolute atomic E-state index is 0.205. The van der Waals surface area contributed by atoms with E-state index in [0.717, 1.165) is 22.1 Å². The fourth-order valence-corrected chi connectivity index (χ4v) is 3.15. The predicted molar refractivity (Wildman–Crippen MR) is 67.1 cm³/mol. The van der Waals surface area contributed by atoms with Crippen molar-refractivity contribution in [2.45, 2.75) is 25.3 Å². The number of hydrogen-bond acceptors (Lipinski definition) is 3. The van der Waals surface area contributed by atoms with E-state index in [-0.39, 0.29) is 5.56 Å². The first-order valence-corrected chi connectivity index (χ1v) is 6.58. The molecule has 3 rings (SSSR count). The molecule has 0 radical (unpaired) electrons. The van der Waals surface area contributed by atoms with Crippen molar-refractivity contribution >= 4 is 27.7 Å². The first-order chi connectivity index (χ1) is 8.13. The normalized spacial score (nSPS) is 29.8. The van der Waals surface area contributed by atoms with Gasteiger partial charge in [-0.15, -0.1) is 0 Å². The van der Waals surface area contributed by atoms with Gasteiger partial charge in [-0.2, -0.15) is 0 Å². The average Bonchev–Trinajstić information content (AvgIpc) is 2.89. The molecule has 90 valence electrons. The number of hydrogen-bond donors (Lipinski definition) is 2. The molecule has 0 aromatic carbocycles. The van der Waals surface area contributed by atoms with Crippen molar-refractivity contribution in [2.75, 3.05) is 5.32 Å². The topological polar surface area (TPSA) is 62.2 Å². The van der Waals surface area contributed by atoms with E-state index in [9.17, 15) is 4.79 Å². The highest BCUT2D eigenvalue weighted by Crippen LogP contribution is 2.52. The highest BCUT2D eigenvalue weighted by atomic mass is 79.9. The second-order valence-electron chi connectivity index (χ2n) is 4.93. The number of anilines is 1. The van der Waals surface area contributed by atoms with Gasteiger partial charge in [0.15, 0.2) is 0 Å². The van der Waals surface area contributed by atoms with Crippen molar-refractivity contribution in [1.29, 1.82) is 0 Å². The standard InChI is InChI=1S/C12H13BrN2O2/c13-10-4-8(12(16)17)5-14-11(10)15-9-2-6-1-7(6)3-9/h4-7,9H,1-3H2,(H,14,15)(H,16,17). The number of carbonyl (C=O) groups is 1. The van der Waals surface area contributed by atoms with Crippen LogP contribution in [0.2, 0.25) is 0 Å². The lowest BCUT2D eigenvalue weighted by atomic mass is 10.1. The van der Waals surface area contributed by atoms with Crippen LogP contribution in [0.4, 0.5) is 5.82 Å². The Hall–Kier alpha value is -1.10. The largest absolute Gasteiger partial charge is 0.478 e. The summed E-state index contributed by atoms with van der Waals surface area (Å²) < 4.78 is 0.720. The van der Waals surface area contributed by atoms with Crippen molar-refractivity contribution in [1.82, 2.24) is 4.98 Å². The molecular weight excluding hydrogens is 284 g/mol. The van der Waals surface area contributed by atoms with Crippen LogP contribution >= 0.6 is 15.9 Å². The summed E-state index contributed by atoms with van der Waals surface area (Å²) in [6.07, 6.45) is 5.23. The maximum absolute atomic E-state index is 10.8. The molecule has 2 saturated carbocycles. The van der Waals surface area contributed by atoms with Crippen LogP contribution in [0, 0.1) is 11.8 Å². The van der Waals surface area contributed by atoms with Crippen LogP contribution in [0.25, 0.3) is 0 Å². The summed E-state index contributed by atoms with van der Waals surface area (Å²) >= 11 is 3.36. The Morgan fingerprint density at radius 3 is 2.71 bits per heavy atom. The summed E-state index contributed by atoms with van der Waals surface area (Å²) in [5.41, 5.74) is 0.205. The zero-order valence-corrected chi connectivity index (χ0v) is 10.8. The third kappa shape index (κ3) is 2.16. The zero-order valence-electron chi connectivity index (χ0n) is 9.19. The van der Waals surface area contributed by atoms with E-state index in [1.807, 2.05) is 0 Å². The Morgan fingerprint density at radius 1 is 1.41 bits per heavy atom. The minimum Gasteiger partial charge on any atom is -0.478 e. The molecule has 2 aliphatic carbocycles. The second-order valence-corrected chi connectivity index (χ2v) is 5.78. The summed E-state index contributed by atoms with van der Waals surface area (Å²) in [6.45, 7) is 0. The van der Waals surface area contributed by atoms with Crippen molar-refractivity contribution in [3.8, 4) is 0 Å². The van der Waals surface area contributed by atoms with Gasteiger partial charge in [0.2, 0.25) is 0 Å². The lowest BCUT2D eigenvalue weighted by molar-refractivity contribution is 0.0696. The van der Waals surface area contributed by atoms with Crippen molar-refractivity contribution in [3.05, 3.63) is 22.3 Å². The molecule has 0 bridgehead atoms. The van der Waals surface area contributed by atoms with E-state index in [0.29, 0.717) is 6.04 Å². The lowest BCUT2D eigenvalue weighted by Gasteiger charge is -2.16. The van der Waals surface area contributed by atoms with Crippen LogP contribution in [0.5, 0.6) is 0 Å². The van der Waals surface area contributed by atoms with Crippen LogP contribution in [-0.4, -0.2) is 22.1 Å². The van der Waals surface area contributed by atoms with Gasteiger partial charge in [-0.3, -0.25) is 0 Å². The molecule has 2 N–H and O–H groups in total. The van der Waals surface area contributed by atoms with Crippen LogP contribution in [0.15, 0.2) is 16.7 Å². The Balaban J connectivity index is 1.72. The number of aromatic nitrogens is 1. The lowest BCUT2D eigenvalue weighted by Crippen LogP contribution is -2.18. The number of pyridine rings is 1. The molecule has 0 amide bonds. The molecule has 0 saturated heterocycles. The highest BCUT2D eigenvalue weighted by Gasteiger charge is 2.45. The van der Waals surface area contributed by atoms with E-state index in [1.165, 1.54) is 25.5 Å². The van der Waals surface area contributed by atoms with Gasteiger partial charge >= 0.3 is 5.97 Å². The van der Waals surface area contributed by atoms with Gasteiger partial charge in [0.1, 0.15) is 5.82 Å². The zero-order chi connectivity index (χ0) is 12.0. The molecule has 0 aliphatic heterocycles. The van der Waals surface area contributed by atoms with Gasteiger partial charge in [0.25, 0.3) is 0 Å². The van der Waals surface area contributed by atoms with Crippen LogP contribution in [-0.2, 0) is 0 Å². The Morgan fingerprint density at radius 2 is 2.12 bits per heavy atom. The first-order valence-electron chi connectivity index (χ1n) is 5.79. The van der Waals surface area contributed by atoms with Crippen molar-refractivity contribution in [3.63, 3.8) is 0 Å². The maximum atomic E-state index is 10.8. The number of halogens is 1. The van der Waals surface area contributed by atoms with E-state index in [1.54, 1.807) is 6.07 Å². The number of aromatic carboxylic acids is 1. The number of nitrogens with zero attached hydrogens (tertiary/aromatic N) is 1. The summed E-state index contributed by atoms with van der Waals surface area (Å²) in [6, 6.07) is 2.09. The summed E-state index contributed by atoms with van der Waals surface area (Å²) in [5, 5.41) is 12.2. The molecule has 1 heterocycles. The first kappa shape index (κ1) is 11.0. The van der Waals surface area contributed by atoms with Crippen LogP contribution in [0.1, 0.15) is 29.6 Å². The minimum atomic E-state index is -0.952. The highest BCUT2D eigenvalue weighted by molar-refractivity contribution is 9.10.